The summed E-state index contributed by atoms with van der Waals surface area (Å²) in [7, 11) is 0. The van der Waals surface area contributed by atoms with E-state index in [2.05, 4.69) is 37.2 Å². The van der Waals surface area contributed by atoms with Gasteiger partial charge in [0.1, 0.15) is 24.0 Å². The third kappa shape index (κ3) is 6.53. The van der Waals surface area contributed by atoms with Crippen molar-refractivity contribution in [2.75, 3.05) is 51.3 Å². The smallest absolute Gasteiger partial charge is 0.270 e. The van der Waals surface area contributed by atoms with Crippen molar-refractivity contribution in [3.63, 3.8) is 0 Å². The van der Waals surface area contributed by atoms with Crippen LogP contribution in [0, 0.1) is 11.3 Å². The summed E-state index contributed by atoms with van der Waals surface area (Å²) in [5.41, 5.74) is 4.03. The van der Waals surface area contributed by atoms with Crippen LogP contribution in [0.5, 0.6) is 5.75 Å². The van der Waals surface area contributed by atoms with Crippen LogP contribution >= 0.6 is 0 Å². The van der Waals surface area contributed by atoms with Gasteiger partial charge in [-0.1, -0.05) is 37.3 Å². The van der Waals surface area contributed by atoms with E-state index in [4.69, 9.17) is 4.74 Å². The maximum atomic E-state index is 12.3. The lowest BCUT2D eigenvalue weighted by Crippen LogP contribution is -2.47. The lowest BCUT2D eigenvalue weighted by Gasteiger charge is -2.33. The van der Waals surface area contributed by atoms with Crippen LogP contribution in [0.3, 0.4) is 0 Å². The second kappa shape index (κ2) is 11.9. The quantitative estimate of drug-likeness (QED) is 0.365. The first-order valence-corrected chi connectivity index (χ1v) is 11.7. The zero-order valence-electron chi connectivity index (χ0n) is 19.8. The average molecular weight is 472 g/mol. The van der Waals surface area contributed by atoms with Gasteiger partial charge in [-0.3, -0.25) is 14.7 Å². The molecule has 1 aromatic heterocycles. The standard InChI is InChI=1S/C26H29N7O2/c1-2-32-12-14-33(15-13-32)16-17-35-22-10-8-20(9-11-22)19-28-31-26-29-24(21-6-4-3-5-7-21)23(18-27)25(34)30-26/h3-11,19H,2,12-17H2,1H3,(H2,29,30,31,34). The highest BCUT2D eigenvalue weighted by Gasteiger charge is 2.15. The first kappa shape index (κ1) is 24.1. The van der Waals surface area contributed by atoms with Crippen LogP contribution in [0.1, 0.15) is 18.1 Å². The number of aromatic nitrogens is 2. The van der Waals surface area contributed by atoms with E-state index in [1.807, 2.05) is 48.5 Å². The molecule has 1 saturated heterocycles. The van der Waals surface area contributed by atoms with E-state index in [1.54, 1.807) is 18.3 Å². The van der Waals surface area contributed by atoms with Crippen molar-refractivity contribution in [3.05, 3.63) is 76.1 Å². The van der Waals surface area contributed by atoms with Gasteiger partial charge >= 0.3 is 0 Å². The minimum atomic E-state index is -0.521. The maximum absolute atomic E-state index is 12.3. The van der Waals surface area contributed by atoms with Crippen molar-refractivity contribution in [3.8, 4) is 23.1 Å². The summed E-state index contributed by atoms with van der Waals surface area (Å²) in [4.78, 5) is 24.1. The lowest BCUT2D eigenvalue weighted by atomic mass is 10.1. The summed E-state index contributed by atoms with van der Waals surface area (Å²) < 4.78 is 5.89. The summed E-state index contributed by atoms with van der Waals surface area (Å²) in [5.74, 6) is 0.969. The van der Waals surface area contributed by atoms with Crippen LogP contribution in [0.25, 0.3) is 11.3 Å². The summed E-state index contributed by atoms with van der Waals surface area (Å²) in [6.45, 7) is 9.32. The van der Waals surface area contributed by atoms with Gasteiger partial charge in [-0.25, -0.2) is 10.4 Å². The second-order valence-corrected chi connectivity index (χ2v) is 8.18. The number of anilines is 1. The van der Waals surface area contributed by atoms with Gasteiger partial charge in [0.15, 0.2) is 0 Å². The molecular weight excluding hydrogens is 442 g/mol. The first-order chi connectivity index (χ1) is 17.2. The number of hydrogen-bond donors (Lipinski definition) is 2. The van der Waals surface area contributed by atoms with E-state index < -0.39 is 5.56 Å². The monoisotopic (exact) mass is 471 g/mol. The molecule has 0 radical (unpaired) electrons. The Morgan fingerprint density at radius 3 is 2.51 bits per heavy atom. The molecule has 0 atom stereocenters. The van der Waals surface area contributed by atoms with Gasteiger partial charge in [-0.15, -0.1) is 0 Å². The Bertz CT molecular complexity index is 1230. The number of nitriles is 1. The summed E-state index contributed by atoms with van der Waals surface area (Å²) in [6.07, 6.45) is 1.62. The highest BCUT2D eigenvalue weighted by molar-refractivity contribution is 5.80. The molecule has 1 aliphatic heterocycles. The number of benzene rings is 2. The molecule has 2 aromatic carbocycles. The molecule has 2 heterocycles. The highest BCUT2D eigenvalue weighted by Crippen LogP contribution is 2.19. The van der Waals surface area contributed by atoms with Crippen molar-refractivity contribution in [2.45, 2.75) is 6.92 Å². The Morgan fingerprint density at radius 1 is 1.11 bits per heavy atom. The molecule has 0 bridgehead atoms. The van der Waals surface area contributed by atoms with Crippen molar-refractivity contribution in [2.24, 2.45) is 5.10 Å². The fourth-order valence-corrected chi connectivity index (χ4v) is 3.87. The molecule has 0 saturated carbocycles. The molecule has 0 unspecified atom stereocenters. The number of nitrogens with one attached hydrogen (secondary N) is 2. The molecule has 0 spiro atoms. The van der Waals surface area contributed by atoms with Crippen molar-refractivity contribution >= 4 is 12.2 Å². The fraction of sp³-hybridized carbons (Fsp3) is 0.308. The molecule has 3 aromatic rings. The number of likely N-dealkylation sites (N-methyl/N-ethyl adjacent to an activating group) is 1. The van der Waals surface area contributed by atoms with E-state index >= 15 is 0 Å². The molecule has 35 heavy (non-hydrogen) atoms. The predicted octanol–water partition coefficient (Wildman–Crippen LogP) is 2.77. The highest BCUT2D eigenvalue weighted by atomic mass is 16.5. The van der Waals surface area contributed by atoms with Crippen molar-refractivity contribution in [1.29, 1.82) is 5.26 Å². The van der Waals surface area contributed by atoms with Crippen LogP contribution in [0.15, 0.2) is 64.5 Å². The topological polar surface area (TPSA) is 110 Å². The summed E-state index contributed by atoms with van der Waals surface area (Å²) >= 11 is 0. The number of rotatable bonds is 9. The Morgan fingerprint density at radius 2 is 1.83 bits per heavy atom. The maximum Gasteiger partial charge on any atom is 0.270 e. The molecule has 1 fully saturated rings. The van der Waals surface area contributed by atoms with Crippen LogP contribution < -0.4 is 15.7 Å². The Balaban J connectivity index is 1.31. The van der Waals surface area contributed by atoms with Crippen molar-refractivity contribution in [1.82, 2.24) is 19.8 Å². The fourth-order valence-electron chi connectivity index (χ4n) is 3.87. The zero-order chi connectivity index (χ0) is 24.5. The SMILES string of the molecule is CCN1CCN(CCOc2ccc(C=NNc3nc(-c4ccccc4)c(C#N)c(=O)[nH]3)cc2)CC1. The predicted molar refractivity (Wildman–Crippen MR) is 137 cm³/mol. The molecule has 9 heteroatoms. The van der Waals surface area contributed by atoms with E-state index in [0.717, 1.165) is 50.6 Å². The van der Waals surface area contributed by atoms with Gasteiger partial charge in [0.2, 0.25) is 5.95 Å². The largest absolute Gasteiger partial charge is 0.492 e. The number of nitrogens with zero attached hydrogens (tertiary/aromatic N) is 5. The molecule has 4 rings (SSSR count). The van der Waals surface area contributed by atoms with E-state index in [0.29, 0.717) is 17.9 Å². The van der Waals surface area contributed by atoms with Gasteiger partial charge in [-0.05, 0) is 36.4 Å². The minimum Gasteiger partial charge on any atom is -0.492 e. The third-order valence-corrected chi connectivity index (χ3v) is 5.93. The first-order valence-electron chi connectivity index (χ1n) is 11.7. The number of hydrazone groups is 1. The molecule has 180 valence electrons. The normalized spacial score (nSPS) is 14.6. The van der Waals surface area contributed by atoms with Crippen LogP contribution in [0.2, 0.25) is 0 Å². The molecular formula is C26H29N7O2. The molecule has 0 aliphatic carbocycles. The molecule has 0 amide bonds. The van der Waals surface area contributed by atoms with Gasteiger partial charge in [-0.2, -0.15) is 10.4 Å². The summed E-state index contributed by atoms with van der Waals surface area (Å²) in [6, 6.07) is 18.7. The van der Waals surface area contributed by atoms with Crippen LogP contribution in [-0.2, 0) is 0 Å². The van der Waals surface area contributed by atoms with Gasteiger partial charge < -0.3 is 9.64 Å². The van der Waals surface area contributed by atoms with E-state index in [1.165, 1.54) is 0 Å². The van der Waals surface area contributed by atoms with E-state index in [-0.39, 0.29) is 11.5 Å². The van der Waals surface area contributed by atoms with Crippen molar-refractivity contribution < 1.29 is 4.74 Å². The number of H-pyrrole nitrogens is 1. The second-order valence-electron chi connectivity index (χ2n) is 8.18. The Labute approximate surface area is 204 Å². The van der Waals surface area contributed by atoms with Gasteiger partial charge in [0, 0.05) is 38.3 Å². The molecule has 2 N–H and O–H groups in total. The Kier molecular flexibility index (Phi) is 8.22. The number of ether oxygens (including phenoxy) is 1. The van der Waals surface area contributed by atoms with Crippen LogP contribution in [0.4, 0.5) is 5.95 Å². The van der Waals surface area contributed by atoms with Gasteiger partial charge in [0.25, 0.3) is 5.56 Å². The molecule has 9 nitrogen and oxygen atoms in total. The Hall–Kier alpha value is -4.00. The number of piperazine rings is 1. The number of aromatic amines is 1. The van der Waals surface area contributed by atoms with Crippen LogP contribution in [-0.4, -0.2) is 71.9 Å². The number of hydrogen-bond acceptors (Lipinski definition) is 8. The molecule has 1 aliphatic rings. The zero-order valence-corrected chi connectivity index (χ0v) is 19.8. The third-order valence-electron chi connectivity index (χ3n) is 5.93. The van der Waals surface area contributed by atoms with E-state index in [9.17, 15) is 10.1 Å². The summed E-state index contributed by atoms with van der Waals surface area (Å²) in [5, 5.41) is 13.5. The lowest BCUT2D eigenvalue weighted by molar-refractivity contribution is 0.121. The minimum absolute atomic E-state index is 0.0375. The van der Waals surface area contributed by atoms with Gasteiger partial charge in [0.05, 0.1) is 11.9 Å². The average Bonchev–Trinajstić information content (AvgIpc) is 2.90.